The third-order valence-electron chi connectivity index (χ3n) is 5.12. The Morgan fingerprint density at radius 2 is 1.84 bits per heavy atom. The fraction of sp³-hybridized carbons (Fsp3) is 0.318. The Morgan fingerprint density at radius 3 is 2.55 bits per heavy atom. The number of carbonyl (C=O) groups excluding carboxylic acids is 2. The van der Waals surface area contributed by atoms with E-state index in [2.05, 4.69) is 15.6 Å². The molecule has 0 radical (unpaired) electrons. The lowest BCUT2D eigenvalue weighted by Crippen LogP contribution is -2.53. The van der Waals surface area contributed by atoms with Gasteiger partial charge in [-0.2, -0.15) is 0 Å². The number of thiazole rings is 1. The quantitative estimate of drug-likeness (QED) is 0.577. The van der Waals surface area contributed by atoms with Gasteiger partial charge >= 0.3 is 0 Å². The number of hydrogen-bond donors (Lipinski definition) is 2. The molecule has 31 heavy (non-hydrogen) atoms. The lowest BCUT2D eigenvalue weighted by molar-refractivity contribution is 0.0845. The lowest BCUT2D eigenvalue weighted by atomic mass is 9.90. The van der Waals surface area contributed by atoms with Crippen molar-refractivity contribution < 1.29 is 23.1 Å². The summed E-state index contributed by atoms with van der Waals surface area (Å²) in [4.78, 5) is 29.3. The molecule has 2 unspecified atom stereocenters. The monoisotopic (exact) mass is 443 g/mol. The maximum Gasteiger partial charge on any atom is 0.287 e. The van der Waals surface area contributed by atoms with E-state index >= 15 is 0 Å². The van der Waals surface area contributed by atoms with Crippen molar-refractivity contribution in [2.24, 2.45) is 0 Å². The highest BCUT2D eigenvalue weighted by atomic mass is 32.1. The van der Waals surface area contributed by atoms with Crippen LogP contribution in [0, 0.1) is 5.82 Å². The van der Waals surface area contributed by atoms with Crippen molar-refractivity contribution in [2.75, 3.05) is 0 Å². The molecule has 2 N–H and O–H groups in total. The zero-order chi connectivity index (χ0) is 21.6. The number of ether oxygens (including phenoxy) is 1. The van der Waals surface area contributed by atoms with Crippen LogP contribution in [0.2, 0.25) is 0 Å². The minimum absolute atomic E-state index is 0.0735. The minimum atomic E-state index is -0.447. The number of benzene rings is 1. The van der Waals surface area contributed by atoms with Crippen molar-refractivity contribution in [1.29, 1.82) is 0 Å². The van der Waals surface area contributed by atoms with Crippen LogP contribution in [-0.4, -0.2) is 28.9 Å². The van der Waals surface area contributed by atoms with Gasteiger partial charge in [0.1, 0.15) is 17.3 Å². The number of halogens is 1. The van der Waals surface area contributed by atoms with E-state index in [4.69, 9.17) is 9.15 Å². The van der Waals surface area contributed by atoms with Crippen molar-refractivity contribution in [3.63, 3.8) is 0 Å². The van der Waals surface area contributed by atoms with Crippen LogP contribution in [-0.2, 0) is 6.61 Å². The van der Waals surface area contributed by atoms with Gasteiger partial charge in [-0.15, -0.1) is 11.3 Å². The van der Waals surface area contributed by atoms with Gasteiger partial charge < -0.3 is 19.8 Å². The molecule has 1 aromatic carbocycles. The van der Waals surface area contributed by atoms with E-state index in [0.717, 1.165) is 25.7 Å². The molecule has 2 aromatic heterocycles. The van der Waals surface area contributed by atoms with Crippen LogP contribution in [0.5, 0.6) is 5.75 Å². The summed E-state index contributed by atoms with van der Waals surface area (Å²) in [6.07, 6.45) is 4.93. The van der Waals surface area contributed by atoms with Gasteiger partial charge in [0.15, 0.2) is 17.3 Å². The molecule has 7 nitrogen and oxygen atoms in total. The van der Waals surface area contributed by atoms with Gasteiger partial charge in [-0.3, -0.25) is 9.59 Å². The molecule has 0 saturated heterocycles. The molecule has 3 aromatic rings. The number of nitrogens with one attached hydrogen (secondary N) is 2. The van der Waals surface area contributed by atoms with Crippen molar-refractivity contribution in [3.05, 3.63) is 70.3 Å². The fourth-order valence-electron chi connectivity index (χ4n) is 3.55. The Labute approximate surface area is 182 Å². The van der Waals surface area contributed by atoms with Crippen molar-refractivity contribution in [3.8, 4) is 5.75 Å². The first-order valence-corrected chi connectivity index (χ1v) is 10.9. The Hall–Kier alpha value is -3.20. The average Bonchev–Trinajstić information content (AvgIpc) is 3.47. The molecule has 4 rings (SSSR count). The molecular weight excluding hydrogens is 421 g/mol. The van der Waals surface area contributed by atoms with Crippen molar-refractivity contribution in [1.82, 2.24) is 15.6 Å². The van der Waals surface area contributed by atoms with Crippen LogP contribution in [0.4, 0.5) is 4.39 Å². The molecule has 1 aliphatic carbocycles. The summed E-state index contributed by atoms with van der Waals surface area (Å²) in [5.74, 6) is -0.664. The summed E-state index contributed by atoms with van der Waals surface area (Å²) in [5.41, 5.74) is 0.277. The Kier molecular flexibility index (Phi) is 6.61. The number of amides is 2. The average molecular weight is 444 g/mol. The Balaban J connectivity index is 1.34. The fourth-order valence-corrected chi connectivity index (χ4v) is 4.23. The molecule has 2 amide bonds. The Morgan fingerprint density at radius 1 is 1.10 bits per heavy atom. The van der Waals surface area contributed by atoms with Crippen LogP contribution >= 0.6 is 11.3 Å². The van der Waals surface area contributed by atoms with E-state index < -0.39 is 5.82 Å². The van der Waals surface area contributed by atoms with Gasteiger partial charge in [0.2, 0.25) is 0 Å². The molecule has 0 bridgehead atoms. The molecule has 0 spiro atoms. The first kappa shape index (κ1) is 21.0. The zero-order valence-corrected chi connectivity index (χ0v) is 17.5. The third-order valence-corrected chi connectivity index (χ3v) is 5.94. The number of para-hydroxylation sites is 1. The van der Waals surface area contributed by atoms with Crippen LogP contribution in [0.3, 0.4) is 0 Å². The second kappa shape index (κ2) is 9.74. The number of furan rings is 1. The van der Waals surface area contributed by atoms with E-state index in [0.29, 0.717) is 5.01 Å². The van der Waals surface area contributed by atoms with E-state index in [1.54, 1.807) is 29.6 Å². The normalized spacial score (nSPS) is 18.4. The van der Waals surface area contributed by atoms with E-state index in [9.17, 15) is 14.0 Å². The second-order valence-corrected chi connectivity index (χ2v) is 8.21. The molecule has 1 aliphatic rings. The largest absolute Gasteiger partial charge is 0.483 e. The van der Waals surface area contributed by atoms with E-state index in [1.165, 1.54) is 29.7 Å². The molecule has 0 aliphatic heterocycles. The predicted octanol–water partition coefficient (Wildman–Crippen LogP) is 3.93. The van der Waals surface area contributed by atoms with Crippen molar-refractivity contribution in [2.45, 2.75) is 44.4 Å². The highest BCUT2D eigenvalue weighted by Gasteiger charge is 2.29. The SMILES string of the molecule is O=C(NC1CCCCC1NC(=O)c1ccco1)c1csc(COc2ccccc2F)n1. The zero-order valence-electron chi connectivity index (χ0n) is 16.7. The molecular formula is C22H22FN3O4S. The number of aromatic nitrogens is 1. The molecule has 9 heteroatoms. The van der Waals surface area contributed by atoms with Gasteiger partial charge in [0, 0.05) is 17.5 Å². The summed E-state index contributed by atoms with van der Waals surface area (Å²) < 4.78 is 24.3. The standard InChI is InChI=1S/C22H22FN3O4S/c23-14-6-1-4-9-18(14)30-12-20-24-17(13-31-20)21(27)25-15-7-2-3-8-16(15)26-22(28)19-10-5-11-29-19/h1,4-6,9-11,13,15-16H,2-3,7-8,12H2,(H,25,27)(H,26,28). The summed E-state index contributed by atoms with van der Waals surface area (Å²) >= 11 is 1.27. The maximum absolute atomic E-state index is 13.7. The van der Waals surface area contributed by atoms with Gasteiger partial charge in [-0.1, -0.05) is 25.0 Å². The number of hydrogen-bond acceptors (Lipinski definition) is 6. The van der Waals surface area contributed by atoms with E-state index in [-0.39, 0.29) is 47.7 Å². The first-order valence-electron chi connectivity index (χ1n) is 10.1. The number of rotatable bonds is 7. The smallest absolute Gasteiger partial charge is 0.287 e. The predicted molar refractivity (Wildman–Crippen MR) is 113 cm³/mol. The topological polar surface area (TPSA) is 93.5 Å². The van der Waals surface area contributed by atoms with E-state index in [1.807, 2.05) is 0 Å². The Bertz CT molecular complexity index is 1040. The van der Waals surface area contributed by atoms with Crippen LogP contribution in [0.1, 0.15) is 51.7 Å². The number of carbonyl (C=O) groups is 2. The summed E-state index contributed by atoms with van der Waals surface area (Å²) in [6.45, 7) is 0.0735. The van der Waals surface area contributed by atoms with Crippen LogP contribution in [0.25, 0.3) is 0 Å². The van der Waals surface area contributed by atoms with Gasteiger partial charge in [-0.25, -0.2) is 9.37 Å². The maximum atomic E-state index is 13.7. The summed E-state index contributed by atoms with van der Waals surface area (Å²) in [5, 5.41) is 8.16. The third kappa shape index (κ3) is 5.29. The first-order chi connectivity index (χ1) is 15.1. The number of nitrogens with zero attached hydrogens (tertiary/aromatic N) is 1. The molecule has 1 fully saturated rings. The van der Waals surface area contributed by atoms with Gasteiger partial charge in [0.05, 0.1) is 6.26 Å². The van der Waals surface area contributed by atoms with Crippen LogP contribution < -0.4 is 15.4 Å². The molecule has 1 saturated carbocycles. The minimum Gasteiger partial charge on any atom is -0.483 e. The molecule has 2 atom stereocenters. The second-order valence-electron chi connectivity index (χ2n) is 7.27. The van der Waals surface area contributed by atoms with Crippen LogP contribution in [0.15, 0.2) is 52.5 Å². The summed E-state index contributed by atoms with van der Waals surface area (Å²) in [7, 11) is 0. The highest BCUT2D eigenvalue weighted by Crippen LogP contribution is 2.21. The molecule has 162 valence electrons. The van der Waals surface area contributed by atoms with Gasteiger partial charge in [-0.05, 0) is 37.1 Å². The van der Waals surface area contributed by atoms with Crippen molar-refractivity contribution >= 4 is 23.2 Å². The summed E-state index contributed by atoms with van der Waals surface area (Å²) in [6, 6.07) is 9.01. The van der Waals surface area contributed by atoms with Gasteiger partial charge in [0.25, 0.3) is 11.8 Å². The lowest BCUT2D eigenvalue weighted by Gasteiger charge is -2.32. The molecule has 2 heterocycles. The highest BCUT2D eigenvalue weighted by molar-refractivity contribution is 7.09.